The maximum atomic E-state index is 13.2. The molecule has 1 aliphatic rings. The third kappa shape index (κ3) is 2.59. The van der Waals surface area contributed by atoms with Gasteiger partial charge in [0, 0.05) is 15.8 Å². The van der Waals surface area contributed by atoms with E-state index in [1.165, 1.54) is 0 Å². The zero-order chi connectivity index (χ0) is 16.5. The van der Waals surface area contributed by atoms with E-state index >= 15 is 0 Å². The number of hydrogen-bond donors (Lipinski definition) is 1. The van der Waals surface area contributed by atoms with Crippen molar-refractivity contribution >= 4 is 33.2 Å². The summed E-state index contributed by atoms with van der Waals surface area (Å²) >= 11 is 3.52. The lowest BCUT2D eigenvalue weighted by Gasteiger charge is -2.38. The third-order valence-corrected chi connectivity index (χ3v) is 4.62. The summed E-state index contributed by atoms with van der Waals surface area (Å²) in [6.07, 6.45) is -0.257. The van der Waals surface area contributed by atoms with Crippen molar-refractivity contribution in [3.05, 3.63) is 94.5 Å². The summed E-state index contributed by atoms with van der Waals surface area (Å²) in [6, 6.07) is 25.4. The lowest BCUT2D eigenvalue weighted by atomic mass is 10.0. The van der Waals surface area contributed by atoms with Gasteiger partial charge in [-0.05, 0) is 42.0 Å². The topological polar surface area (TPSA) is 32.3 Å². The predicted octanol–water partition coefficient (Wildman–Crippen LogP) is 5.22. The molecule has 4 heteroatoms. The summed E-state index contributed by atoms with van der Waals surface area (Å²) in [5, 5.41) is 3.50. The number of fused-ring (bicyclic) bond motifs is 1. The summed E-state index contributed by atoms with van der Waals surface area (Å²) < 4.78 is 0.987. The van der Waals surface area contributed by atoms with Crippen molar-refractivity contribution in [2.45, 2.75) is 6.17 Å². The molecule has 0 saturated heterocycles. The van der Waals surface area contributed by atoms with E-state index in [0.717, 1.165) is 21.4 Å². The molecule has 3 nitrogen and oxygen atoms in total. The van der Waals surface area contributed by atoms with Crippen LogP contribution in [0.4, 0.5) is 11.4 Å². The van der Waals surface area contributed by atoms with Gasteiger partial charge >= 0.3 is 0 Å². The molecular formula is C20H15BrN2O. The lowest BCUT2D eigenvalue weighted by Crippen LogP contribution is -2.43. The van der Waals surface area contributed by atoms with Gasteiger partial charge in [-0.25, -0.2) is 0 Å². The van der Waals surface area contributed by atoms with Crippen LogP contribution in [-0.2, 0) is 0 Å². The van der Waals surface area contributed by atoms with Crippen molar-refractivity contribution in [1.29, 1.82) is 0 Å². The molecule has 1 amide bonds. The molecule has 0 bridgehead atoms. The molecule has 1 N–H and O–H groups in total. The highest BCUT2D eigenvalue weighted by molar-refractivity contribution is 9.10. The van der Waals surface area contributed by atoms with Gasteiger partial charge in [-0.3, -0.25) is 9.69 Å². The highest BCUT2D eigenvalue weighted by Crippen LogP contribution is 2.36. The first-order valence-corrected chi connectivity index (χ1v) is 8.53. The molecule has 1 unspecified atom stereocenters. The third-order valence-electron chi connectivity index (χ3n) is 4.13. The summed E-state index contributed by atoms with van der Waals surface area (Å²) in [6.45, 7) is 0. The first kappa shape index (κ1) is 15.0. The van der Waals surface area contributed by atoms with Crippen LogP contribution in [-0.4, -0.2) is 5.91 Å². The Morgan fingerprint density at radius 2 is 1.62 bits per heavy atom. The largest absolute Gasteiger partial charge is 0.360 e. The molecule has 0 fully saturated rings. The molecule has 0 saturated carbocycles. The zero-order valence-corrected chi connectivity index (χ0v) is 14.4. The Bertz CT molecular complexity index is 895. The van der Waals surface area contributed by atoms with E-state index in [1.54, 1.807) is 0 Å². The summed E-state index contributed by atoms with van der Waals surface area (Å²) in [7, 11) is 0. The Hall–Kier alpha value is -2.59. The molecule has 118 valence electrons. The fourth-order valence-electron chi connectivity index (χ4n) is 3.02. The number of benzene rings is 3. The maximum absolute atomic E-state index is 13.2. The van der Waals surface area contributed by atoms with E-state index in [4.69, 9.17) is 0 Å². The minimum atomic E-state index is -0.257. The van der Waals surface area contributed by atoms with Crippen LogP contribution < -0.4 is 10.2 Å². The molecular weight excluding hydrogens is 364 g/mol. The fourth-order valence-corrected chi connectivity index (χ4v) is 3.44. The molecule has 24 heavy (non-hydrogen) atoms. The van der Waals surface area contributed by atoms with Crippen LogP contribution in [0.2, 0.25) is 0 Å². The molecule has 3 aromatic rings. The number of carbonyl (C=O) groups excluding carboxylic acids is 1. The van der Waals surface area contributed by atoms with Gasteiger partial charge in [0.2, 0.25) is 0 Å². The minimum Gasteiger partial charge on any atom is -0.360 e. The number of rotatable bonds is 2. The van der Waals surface area contributed by atoms with E-state index in [2.05, 4.69) is 21.2 Å². The summed E-state index contributed by atoms with van der Waals surface area (Å²) in [4.78, 5) is 15.0. The quantitative estimate of drug-likeness (QED) is 0.662. The fraction of sp³-hybridized carbons (Fsp3) is 0.0500. The van der Waals surface area contributed by atoms with Crippen molar-refractivity contribution < 1.29 is 4.79 Å². The number of hydrogen-bond acceptors (Lipinski definition) is 2. The summed E-state index contributed by atoms with van der Waals surface area (Å²) in [5.74, 6) is 0.000487. The molecule has 1 aliphatic heterocycles. The Kier molecular flexibility index (Phi) is 3.82. The van der Waals surface area contributed by atoms with Crippen LogP contribution in [0.1, 0.15) is 22.1 Å². The lowest BCUT2D eigenvalue weighted by molar-refractivity contribution is 0.0975. The Morgan fingerprint density at radius 1 is 0.875 bits per heavy atom. The second kappa shape index (κ2) is 6.13. The second-order valence-corrected chi connectivity index (χ2v) is 6.57. The Morgan fingerprint density at radius 3 is 2.42 bits per heavy atom. The monoisotopic (exact) mass is 378 g/mol. The highest BCUT2D eigenvalue weighted by Gasteiger charge is 2.33. The van der Waals surface area contributed by atoms with Gasteiger partial charge in [-0.2, -0.15) is 0 Å². The Balaban J connectivity index is 1.87. The van der Waals surface area contributed by atoms with Gasteiger partial charge in [-0.15, -0.1) is 0 Å². The average Bonchev–Trinajstić information content (AvgIpc) is 2.62. The van der Waals surface area contributed by atoms with Gasteiger partial charge in [0.25, 0.3) is 5.91 Å². The van der Waals surface area contributed by atoms with Gasteiger partial charge in [-0.1, -0.05) is 58.4 Å². The van der Waals surface area contributed by atoms with Crippen LogP contribution in [0.3, 0.4) is 0 Å². The van der Waals surface area contributed by atoms with E-state index in [1.807, 2.05) is 83.8 Å². The predicted molar refractivity (Wildman–Crippen MR) is 100 cm³/mol. The van der Waals surface area contributed by atoms with Crippen molar-refractivity contribution in [3.8, 4) is 0 Å². The number of para-hydroxylation sites is 2. The number of amides is 1. The molecule has 3 aromatic carbocycles. The average molecular weight is 379 g/mol. The van der Waals surface area contributed by atoms with Gasteiger partial charge in [0.05, 0.1) is 5.56 Å². The number of nitrogens with zero attached hydrogens (tertiary/aromatic N) is 1. The Labute approximate surface area is 149 Å². The van der Waals surface area contributed by atoms with Crippen LogP contribution in [0, 0.1) is 0 Å². The highest BCUT2D eigenvalue weighted by atomic mass is 79.9. The number of nitrogens with one attached hydrogen (secondary N) is 1. The normalized spacial score (nSPS) is 16.5. The van der Waals surface area contributed by atoms with Crippen molar-refractivity contribution in [3.63, 3.8) is 0 Å². The van der Waals surface area contributed by atoms with Gasteiger partial charge < -0.3 is 5.32 Å². The maximum Gasteiger partial charge on any atom is 0.262 e. The smallest absolute Gasteiger partial charge is 0.262 e. The molecule has 1 atom stereocenters. The second-order valence-electron chi connectivity index (χ2n) is 5.66. The standard InChI is InChI=1S/C20H15BrN2O/c21-15-8-6-7-14(13-15)19-22-18-12-5-4-11-17(18)20(24)23(19)16-9-2-1-3-10-16/h1-13,19,22H. The number of anilines is 2. The van der Waals surface area contributed by atoms with Crippen LogP contribution >= 0.6 is 15.9 Å². The van der Waals surface area contributed by atoms with Crippen LogP contribution in [0.15, 0.2) is 83.3 Å². The molecule has 0 spiro atoms. The van der Waals surface area contributed by atoms with Crippen molar-refractivity contribution in [2.24, 2.45) is 0 Å². The van der Waals surface area contributed by atoms with Crippen molar-refractivity contribution in [1.82, 2.24) is 0 Å². The van der Waals surface area contributed by atoms with E-state index in [0.29, 0.717) is 5.56 Å². The van der Waals surface area contributed by atoms with E-state index in [9.17, 15) is 4.79 Å². The number of carbonyl (C=O) groups is 1. The first-order valence-electron chi connectivity index (χ1n) is 7.74. The zero-order valence-electron chi connectivity index (χ0n) is 12.8. The van der Waals surface area contributed by atoms with Gasteiger partial charge in [0.1, 0.15) is 6.17 Å². The molecule has 4 rings (SSSR count). The molecule has 1 heterocycles. The van der Waals surface area contributed by atoms with Crippen molar-refractivity contribution in [2.75, 3.05) is 10.2 Å². The molecule has 0 radical (unpaired) electrons. The number of halogens is 1. The van der Waals surface area contributed by atoms with Crippen LogP contribution in [0.5, 0.6) is 0 Å². The first-order chi connectivity index (χ1) is 11.7. The van der Waals surface area contributed by atoms with Crippen LogP contribution in [0.25, 0.3) is 0 Å². The minimum absolute atomic E-state index is 0.000487. The molecule has 0 aliphatic carbocycles. The summed E-state index contributed by atoms with van der Waals surface area (Å²) in [5.41, 5.74) is 3.44. The van der Waals surface area contributed by atoms with E-state index in [-0.39, 0.29) is 12.1 Å². The SMILES string of the molecule is O=C1c2ccccc2NC(c2cccc(Br)c2)N1c1ccccc1. The van der Waals surface area contributed by atoms with Gasteiger partial charge in [0.15, 0.2) is 0 Å². The van der Waals surface area contributed by atoms with E-state index < -0.39 is 0 Å². The molecule has 0 aromatic heterocycles.